The first-order valence-electron chi connectivity index (χ1n) is 12.2. The van der Waals surface area contributed by atoms with Crippen LogP contribution in [-0.2, 0) is 4.79 Å². The number of carboxylic acids is 1. The highest BCUT2D eigenvalue weighted by atomic mass is 35.5. The summed E-state index contributed by atoms with van der Waals surface area (Å²) in [5.74, 6) is 0.145. The van der Waals surface area contributed by atoms with Crippen molar-refractivity contribution in [1.82, 2.24) is 10.2 Å². The zero-order valence-electron chi connectivity index (χ0n) is 20.4. The average Bonchev–Trinajstić information content (AvgIpc) is 3.42. The quantitative estimate of drug-likeness (QED) is 0.189. The van der Waals surface area contributed by atoms with Crippen LogP contribution in [0, 0.1) is 5.92 Å². The fraction of sp³-hybridized carbons (Fsp3) is 0.161. The number of benzene rings is 3. The Bertz CT molecular complexity index is 1450. The number of aromatic nitrogens is 2. The second-order valence-corrected chi connectivity index (χ2v) is 9.53. The van der Waals surface area contributed by atoms with E-state index in [1.165, 1.54) is 12.0 Å². The van der Waals surface area contributed by atoms with Crippen LogP contribution in [0.4, 0.5) is 0 Å². The number of hydrogen-bond acceptors (Lipinski definition) is 3. The normalized spacial score (nSPS) is 14.3. The van der Waals surface area contributed by atoms with Gasteiger partial charge in [0.25, 0.3) is 0 Å². The number of nitrogens with zero attached hydrogens (tertiary/aromatic N) is 1. The first kappa shape index (κ1) is 24.6. The molecule has 1 fully saturated rings. The van der Waals surface area contributed by atoms with Crippen LogP contribution in [0.25, 0.3) is 28.3 Å². The third-order valence-corrected chi connectivity index (χ3v) is 7.18. The van der Waals surface area contributed by atoms with Gasteiger partial charge in [0, 0.05) is 17.8 Å². The third kappa shape index (κ3) is 5.37. The molecule has 186 valence electrons. The number of aliphatic carboxylic acids is 1. The molecule has 0 saturated heterocycles. The molecule has 0 atom stereocenters. The molecule has 5 rings (SSSR count). The minimum atomic E-state index is -0.969. The Morgan fingerprint density at radius 3 is 2.27 bits per heavy atom. The highest BCUT2D eigenvalue weighted by molar-refractivity contribution is 6.33. The van der Waals surface area contributed by atoms with Crippen LogP contribution < -0.4 is 4.74 Å². The predicted octanol–water partition coefficient (Wildman–Crippen LogP) is 7.60. The summed E-state index contributed by atoms with van der Waals surface area (Å²) in [4.78, 5) is 11.0. The molecular formula is C31H27ClN2O3. The van der Waals surface area contributed by atoms with Crippen molar-refractivity contribution in [2.75, 3.05) is 7.11 Å². The lowest BCUT2D eigenvalue weighted by atomic mass is 9.73. The van der Waals surface area contributed by atoms with E-state index < -0.39 is 5.97 Å². The SMILES string of the molecule is COc1ccc(/C(=C(\c2ccc(/C=C/C(=O)O)cc2)c2ccc(-c3cn[nH]c3)cc2)C2CCC2)c(Cl)c1. The van der Waals surface area contributed by atoms with Gasteiger partial charge in [0.15, 0.2) is 0 Å². The van der Waals surface area contributed by atoms with E-state index in [0.29, 0.717) is 10.9 Å². The second kappa shape index (κ2) is 10.9. The van der Waals surface area contributed by atoms with E-state index in [1.54, 1.807) is 13.2 Å². The standard InChI is InChI=1S/C31H27ClN2O3/c1-37-26-14-15-27(28(32)17-26)31(22-3-2-4-22)30(23-8-5-20(6-9-23)7-16-29(35)36)24-12-10-21(11-13-24)25-18-33-34-19-25/h5-19,22H,2-4H2,1H3,(H,33,34)(H,35,36)/b16-7+,31-30+. The van der Waals surface area contributed by atoms with Crippen molar-refractivity contribution in [3.63, 3.8) is 0 Å². The zero-order valence-corrected chi connectivity index (χ0v) is 21.2. The van der Waals surface area contributed by atoms with Crippen LogP contribution in [0.2, 0.25) is 5.02 Å². The van der Waals surface area contributed by atoms with Gasteiger partial charge in [-0.25, -0.2) is 4.79 Å². The molecule has 1 saturated carbocycles. The first-order valence-corrected chi connectivity index (χ1v) is 12.6. The molecule has 1 aromatic heterocycles. The van der Waals surface area contributed by atoms with Gasteiger partial charge in [-0.2, -0.15) is 5.10 Å². The molecule has 37 heavy (non-hydrogen) atoms. The number of ether oxygens (including phenoxy) is 1. The molecule has 4 aromatic rings. The number of nitrogens with one attached hydrogen (secondary N) is 1. The molecule has 0 radical (unpaired) electrons. The summed E-state index contributed by atoms with van der Waals surface area (Å²) in [6, 6.07) is 22.4. The van der Waals surface area contributed by atoms with Crippen molar-refractivity contribution in [3.05, 3.63) is 112 Å². The van der Waals surface area contributed by atoms with Gasteiger partial charge < -0.3 is 9.84 Å². The Labute approximate surface area is 221 Å². The van der Waals surface area contributed by atoms with E-state index in [2.05, 4.69) is 52.7 Å². The third-order valence-electron chi connectivity index (χ3n) is 6.87. The van der Waals surface area contributed by atoms with Crippen molar-refractivity contribution < 1.29 is 14.6 Å². The maximum Gasteiger partial charge on any atom is 0.328 e. The van der Waals surface area contributed by atoms with E-state index >= 15 is 0 Å². The number of allylic oxidation sites excluding steroid dienone is 1. The van der Waals surface area contributed by atoms with Gasteiger partial charge in [-0.3, -0.25) is 5.10 Å². The molecule has 1 aliphatic rings. The number of carboxylic acid groups (broad SMARTS) is 1. The number of methoxy groups -OCH3 is 1. The summed E-state index contributed by atoms with van der Waals surface area (Å²) < 4.78 is 5.41. The number of hydrogen-bond donors (Lipinski definition) is 2. The summed E-state index contributed by atoms with van der Waals surface area (Å²) in [5.41, 5.74) is 8.45. The first-order chi connectivity index (χ1) is 18.0. The van der Waals surface area contributed by atoms with Gasteiger partial charge in [-0.05, 0) is 82.0 Å². The van der Waals surface area contributed by atoms with Crippen LogP contribution in [0.15, 0.2) is 85.2 Å². The Morgan fingerprint density at radius 2 is 1.73 bits per heavy atom. The molecule has 0 unspecified atom stereocenters. The minimum Gasteiger partial charge on any atom is -0.497 e. The number of rotatable bonds is 8. The van der Waals surface area contributed by atoms with Crippen molar-refractivity contribution >= 4 is 34.8 Å². The highest BCUT2D eigenvalue weighted by Crippen LogP contribution is 2.47. The number of carbonyl (C=O) groups is 1. The molecule has 0 spiro atoms. The van der Waals surface area contributed by atoms with Crippen molar-refractivity contribution in [3.8, 4) is 16.9 Å². The Hall–Kier alpha value is -4.09. The van der Waals surface area contributed by atoms with Gasteiger partial charge >= 0.3 is 5.97 Å². The van der Waals surface area contributed by atoms with Crippen LogP contribution in [0.5, 0.6) is 5.75 Å². The Kier molecular flexibility index (Phi) is 7.24. The summed E-state index contributed by atoms with van der Waals surface area (Å²) in [6.45, 7) is 0. The van der Waals surface area contributed by atoms with Crippen molar-refractivity contribution in [2.45, 2.75) is 19.3 Å². The van der Waals surface area contributed by atoms with Gasteiger partial charge in [-0.15, -0.1) is 0 Å². The molecule has 0 bridgehead atoms. The fourth-order valence-electron chi connectivity index (χ4n) is 4.74. The van der Waals surface area contributed by atoms with E-state index in [9.17, 15) is 4.79 Å². The maximum atomic E-state index is 11.0. The molecule has 5 nitrogen and oxygen atoms in total. The molecule has 3 aromatic carbocycles. The van der Waals surface area contributed by atoms with Gasteiger partial charge in [-0.1, -0.05) is 66.6 Å². The van der Waals surface area contributed by atoms with Crippen LogP contribution in [-0.4, -0.2) is 28.4 Å². The lowest BCUT2D eigenvalue weighted by Crippen LogP contribution is -2.15. The van der Waals surface area contributed by atoms with E-state index in [0.717, 1.165) is 63.6 Å². The highest BCUT2D eigenvalue weighted by Gasteiger charge is 2.28. The lowest BCUT2D eigenvalue weighted by molar-refractivity contribution is -0.131. The predicted molar refractivity (Wildman–Crippen MR) is 148 cm³/mol. The molecule has 1 aliphatic carbocycles. The molecule has 0 amide bonds. The Morgan fingerprint density at radius 1 is 1.03 bits per heavy atom. The molecule has 0 aliphatic heterocycles. The van der Waals surface area contributed by atoms with Crippen molar-refractivity contribution in [2.24, 2.45) is 5.92 Å². The second-order valence-electron chi connectivity index (χ2n) is 9.12. The summed E-state index contributed by atoms with van der Waals surface area (Å²) in [5, 5.41) is 16.6. The minimum absolute atomic E-state index is 0.390. The number of halogens is 1. The molecule has 2 N–H and O–H groups in total. The average molecular weight is 511 g/mol. The Balaban J connectivity index is 1.69. The molecular weight excluding hydrogens is 484 g/mol. The van der Waals surface area contributed by atoms with Gasteiger partial charge in [0.2, 0.25) is 0 Å². The molecule has 6 heteroatoms. The monoisotopic (exact) mass is 510 g/mol. The number of aromatic amines is 1. The van der Waals surface area contributed by atoms with Crippen LogP contribution in [0.1, 0.15) is 41.5 Å². The number of H-pyrrole nitrogens is 1. The van der Waals surface area contributed by atoms with Crippen LogP contribution >= 0.6 is 11.6 Å². The van der Waals surface area contributed by atoms with E-state index in [1.807, 2.05) is 36.7 Å². The largest absolute Gasteiger partial charge is 0.497 e. The lowest BCUT2D eigenvalue weighted by Gasteiger charge is -2.32. The maximum absolute atomic E-state index is 11.0. The summed E-state index contributed by atoms with van der Waals surface area (Å²) in [6.07, 6.45) is 9.84. The fourth-order valence-corrected chi connectivity index (χ4v) is 5.01. The topological polar surface area (TPSA) is 75.2 Å². The van der Waals surface area contributed by atoms with E-state index in [4.69, 9.17) is 21.4 Å². The van der Waals surface area contributed by atoms with Gasteiger partial charge in [0.1, 0.15) is 5.75 Å². The zero-order chi connectivity index (χ0) is 25.8. The smallest absolute Gasteiger partial charge is 0.328 e. The summed E-state index contributed by atoms with van der Waals surface area (Å²) in [7, 11) is 1.64. The van der Waals surface area contributed by atoms with Crippen LogP contribution in [0.3, 0.4) is 0 Å². The van der Waals surface area contributed by atoms with Crippen molar-refractivity contribution in [1.29, 1.82) is 0 Å². The summed E-state index contributed by atoms with van der Waals surface area (Å²) >= 11 is 6.85. The van der Waals surface area contributed by atoms with E-state index in [-0.39, 0.29) is 0 Å². The molecule has 1 heterocycles. The van der Waals surface area contributed by atoms with Gasteiger partial charge in [0.05, 0.1) is 18.3 Å².